The molecule has 0 radical (unpaired) electrons. The van der Waals surface area contributed by atoms with E-state index in [0.29, 0.717) is 6.54 Å². The Hall–Kier alpha value is -1.91. The van der Waals surface area contributed by atoms with Gasteiger partial charge >= 0.3 is 0 Å². The molecule has 21 heavy (non-hydrogen) atoms. The van der Waals surface area contributed by atoms with Crippen molar-refractivity contribution in [3.8, 4) is 11.3 Å². The van der Waals surface area contributed by atoms with Gasteiger partial charge in [0.1, 0.15) is 0 Å². The maximum absolute atomic E-state index is 6.31. The highest BCUT2D eigenvalue weighted by Crippen LogP contribution is 2.28. The lowest BCUT2D eigenvalue weighted by molar-refractivity contribution is 0.580. The van der Waals surface area contributed by atoms with Gasteiger partial charge in [-0.15, -0.1) is 0 Å². The number of hydrogen-bond acceptors (Lipinski definition) is 2. The maximum atomic E-state index is 6.31. The standard InChI is InChI=1S/C17H16BrN3/c18-15-9-5-4-8-14(15)17-10-20-12-21(17)11-16(19)13-6-2-1-3-7-13/h1-10,12,16H,11,19H2. The minimum atomic E-state index is -0.0540. The van der Waals surface area contributed by atoms with E-state index in [-0.39, 0.29) is 6.04 Å². The van der Waals surface area contributed by atoms with Crippen molar-refractivity contribution in [3.05, 3.63) is 77.2 Å². The number of hydrogen-bond donors (Lipinski definition) is 1. The first-order valence-corrected chi connectivity index (χ1v) is 7.60. The van der Waals surface area contributed by atoms with Crippen molar-refractivity contribution in [1.82, 2.24) is 9.55 Å². The minimum absolute atomic E-state index is 0.0540. The van der Waals surface area contributed by atoms with E-state index in [1.807, 2.05) is 48.9 Å². The van der Waals surface area contributed by atoms with Crippen LogP contribution in [0.4, 0.5) is 0 Å². The number of nitrogens with zero attached hydrogens (tertiary/aromatic N) is 2. The fourth-order valence-electron chi connectivity index (χ4n) is 2.38. The Morgan fingerprint density at radius 2 is 1.76 bits per heavy atom. The lowest BCUT2D eigenvalue weighted by Gasteiger charge is -2.15. The predicted molar refractivity (Wildman–Crippen MR) is 88.7 cm³/mol. The molecular weight excluding hydrogens is 326 g/mol. The Morgan fingerprint density at radius 3 is 2.52 bits per heavy atom. The number of imidazole rings is 1. The fraction of sp³-hybridized carbons (Fsp3) is 0.118. The van der Waals surface area contributed by atoms with Gasteiger partial charge < -0.3 is 10.3 Å². The van der Waals surface area contributed by atoms with Crippen LogP contribution in [-0.4, -0.2) is 9.55 Å². The third-order valence-corrected chi connectivity index (χ3v) is 4.17. The molecule has 0 aliphatic carbocycles. The Morgan fingerprint density at radius 1 is 1.05 bits per heavy atom. The van der Waals surface area contributed by atoms with Gasteiger partial charge in [-0.3, -0.25) is 0 Å². The van der Waals surface area contributed by atoms with Gasteiger partial charge in [-0.2, -0.15) is 0 Å². The highest BCUT2D eigenvalue weighted by atomic mass is 79.9. The van der Waals surface area contributed by atoms with Crippen molar-refractivity contribution >= 4 is 15.9 Å². The van der Waals surface area contributed by atoms with Gasteiger partial charge in [-0.05, 0) is 11.6 Å². The van der Waals surface area contributed by atoms with Crippen LogP contribution in [0.2, 0.25) is 0 Å². The molecule has 0 amide bonds. The Kier molecular flexibility index (Phi) is 4.18. The van der Waals surface area contributed by atoms with E-state index < -0.39 is 0 Å². The van der Waals surface area contributed by atoms with Crippen LogP contribution in [0.15, 0.2) is 71.6 Å². The zero-order valence-corrected chi connectivity index (χ0v) is 13.1. The van der Waals surface area contributed by atoms with Crippen LogP contribution in [0.25, 0.3) is 11.3 Å². The number of halogens is 1. The molecule has 0 saturated heterocycles. The molecule has 4 heteroatoms. The zero-order chi connectivity index (χ0) is 14.7. The SMILES string of the molecule is NC(Cn1cncc1-c1ccccc1Br)c1ccccc1. The van der Waals surface area contributed by atoms with Gasteiger partial charge in [0.25, 0.3) is 0 Å². The molecule has 1 heterocycles. The largest absolute Gasteiger partial charge is 0.329 e. The predicted octanol–water partition coefficient (Wildman–Crippen LogP) is 4.01. The van der Waals surface area contributed by atoms with E-state index in [0.717, 1.165) is 21.3 Å². The molecule has 106 valence electrons. The Balaban J connectivity index is 1.88. The van der Waals surface area contributed by atoms with E-state index in [1.165, 1.54) is 0 Å². The number of nitrogens with two attached hydrogens (primary N) is 1. The lowest BCUT2D eigenvalue weighted by Crippen LogP contribution is -2.17. The quantitative estimate of drug-likeness (QED) is 0.778. The molecule has 0 bridgehead atoms. The molecule has 2 N–H and O–H groups in total. The Labute approximate surface area is 132 Å². The summed E-state index contributed by atoms with van der Waals surface area (Å²) in [6.45, 7) is 0.695. The summed E-state index contributed by atoms with van der Waals surface area (Å²) in [5, 5.41) is 0. The second-order valence-electron chi connectivity index (χ2n) is 4.93. The first-order valence-electron chi connectivity index (χ1n) is 6.81. The smallest absolute Gasteiger partial charge is 0.0951 e. The molecule has 3 nitrogen and oxygen atoms in total. The molecule has 1 unspecified atom stereocenters. The fourth-order valence-corrected chi connectivity index (χ4v) is 2.86. The van der Waals surface area contributed by atoms with Gasteiger partial charge in [-0.25, -0.2) is 4.98 Å². The van der Waals surface area contributed by atoms with Crippen molar-refractivity contribution in [3.63, 3.8) is 0 Å². The summed E-state index contributed by atoms with van der Waals surface area (Å²) in [5.41, 5.74) is 9.62. The topological polar surface area (TPSA) is 43.8 Å². The second kappa shape index (κ2) is 6.24. The van der Waals surface area contributed by atoms with Crippen molar-refractivity contribution in [2.45, 2.75) is 12.6 Å². The van der Waals surface area contributed by atoms with E-state index in [9.17, 15) is 0 Å². The Bertz CT molecular complexity index is 722. The summed E-state index contributed by atoms with van der Waals surface area (Å²) in [6, 6.07) is 18.2. The lowest BCUT2D eigenvalue weighted by atomic mass is 10.1. The molecule has 1 aromatic heterocycles. The molecule has 0 fully saturated rings. The average Bonchev–Trinajstić information content (AvgIpc) is 2.96. The van der Waals surface area contributed by atoms with Crippen molar-refractivity contribution in [2.75, 3.05) is 0 Å². The normalized spacial score (nSPS) is 12.3. The zero-order valence-electron chi connectivity index (χ0n) is 11.5. The molecule has 3 rings (SSSR count). The molecule has 0 aliphatic rings. The highest BCUT2D eigenvalue weighted by molar-refractivity contribution is 9.10. The molecule has 0 aliphatic heterocycles. The van der Waals surface area contributed by atoms with E-state index >= 15 is 0 Å². The van der Waals surface area contributed by atoms with Crippen LogP contribution < -0.4 is 5.73 Å². The van der Waals surface area contributed by atoms with Crippen LogP contribution in [0, 0.1) is 0 Å². The van der Waals surface area contributed by atoms with Crippen LogP contribution in [0.1, 0.15) is 11.6 Å². The third-order valence-electron chi connectivity index (χ3n) is 3.48. The first-order chi connectivity index (χ1) is 10.3. The average molecular weight is 342 g/mol. The molecule has 0 spiro atoms. The third kappa shape index (κ3) is 3.06. The van der Waals surface area contributed by atoms with Gasteiger partial charge in [0.05, 0.1) is 18.2 Å². The number of rotatable bonds is 4. The first kappa shape index (κ1) is 14.0. The number of benzene rings is 2. The molecule has 0 saturated carbocycles. The van der Waals surface area contributed by atoms with Crippen LogP contribution in [0.3, 0.4) is 0 Å². The van der Waals surface area contributed by atoms with Gasteiger partial charge in [0.15, 0.2) is 0 Å². The van der Waals surface area contributed by atoms with Gasteiger partial charge in [0, 0.05) is 22.6 Å². The maximum Gasteiger partial charge on any atom is 0.0951 e. The minimum Gasteiger partial charge on any atom is -0.329 e. The van der Waals surface area contributed by atoms with E-state index in [1.54, 1.807) is 0 Å². The summed E-state index contributed by atoms with van der Waals surface area (Å²) in [7, 11) is 0. The summed E-state index contributed by atoms with van der Waals surface area (Å²) in [6.07, 6.45) is 3.70. The van der Waals surface area contributed by atoms with E-state index in [2.05, 4.69) is 43.7 Å². The molecule has 2 aromatic carbocycles. The summed E-state index contributed by atoms with van der Waals surface area (Å²) in [4.78, 5) is 4.27. The van der Waals surface area contributed by atoms with Crippen LogP contribution in [-0.2, 0) is 6.54 Å². The van der Waals surface area contributed by atoms with Gasteiger partial charge in [0.2, 0.25) is 0 Å². The molecule has 3 aromatic rings. The highest BCUT2D eigenvalue weighted by Gasteiger charge is 2.12. The van der Waals surface area contributed by atoms with Crippen molar-refractivity contribution in [2.24, 2.45) is 5.73 Å². The van der Waals surface area contributed by atoms with Crippen LogP contribution >= 0.6 is 15.9 Å². The summed E-state index contributed by atoms with van der Waals surface area (Å²) < 4.78 is 3.15. The van der Waals surface area contributed by atoms with E-state index in [4.69, 9.17) is 5.73 Å². The van der Waals surface area contributed by atoms with Crippen molar-refractivity contribution < 1.29 is 0 Å². The summed E-state index contributed by atoms with van der Waals surface area (Å²) in [5.74, 6) is 0. The summed E-state index contributed by atoms with van der Waals surface area (Å²) >= 11 is 3.59. The molecule has 1 atom stereocenters. The number of aromatic nitrogens is 2. The van der Waals surface area contributed by atoms with Crippen LogP contribution in [0.5, 0.6) is 0 Å². The van der Waals surface area contributed by atoms with Crippen molar-refractivity contribution in [1.29, 1.82) is 0 Å². The molecular formula is C17H16BrN3. The van der Waals surface area contributed by atoms with Gasteiger partial charge in [-0.1, -0.05) is 64.5 Å². The second-order valence-corrected chi connectivity index (χ2v) is 5.78. The monoisotopic (exact) mass is 341 g/mol.